The minimum absolute atomic E-state index is 0.175. The molecule has 1 atom stereocenters. The lowest BCUT2D eigenvalue weighted by Crippen LogP contribution is -2.18. The zero-order valence-electron chi connectivity index (χ0n) is 9.66. The van der Waals surface area contributed by atoms with Gasteiger partial charge in [0.2, 0.25) is 0 Å². The molecule has 0 amide bonds. The van der Waals surface area contributed by atoms with Gasteiger partial charge in [-0.05, 0) is 31.2 Å². The SMILES string of the molecule is C#CCCNC(C)c1cc2cc(Br)ccc2o1. The highest BCUT2D eigenvalue weighted by molar-refractivity contribution is 9.10. The fraction of sp³-hybridized carbons (Fsp3) is 0.286. The van der Waals surface area contributed by atoms with Crippen LogP contribution in [0.25, 0.3) is 11.0 Å². The molecule has 1 N–H and O–H groups in total. The molecule has 0 aliphatic rings. The monoisotopic (exact) mass is 291 g/mol. The third-order valence-electron chi connectivity index (χ3n) is 2.64. The number of nitrogens with one attached hydrogen (secondary N) is 1. The summed E-state index contributed by atoms with van der Waals surface area (Å²) >= 11 is 3.45. The van der Waals surface area contributed by atoms with Crippen molar-refractivity contribution in [3.63, 3.8) is 0 Å². The standard InChI is InChI=1S/C14H14BrNO/c1-3-4-7-16-10(2)14-9-11-8-12(15)5-6-13(11)17-14/h1,5-6,8-10,16H,4,7H2,2H3. The van der Waals surface area contributed by atoms with E-state index in [9.17, 15) is 0 Å². The highest BCUT2D eigenvalue weighted by atomic mass is 79.9. The third kappa shape index (κ3) is 2.91. The summed E-state index contributed by atoms with van der Waals surface area (Å²) in [6.45, 7) is 2.88. The summed E-state index contributed by atoms with van der Waals surface area (Å²) in [6, 6.07) is 8.24. The lowest BCUT2D eigenvalue weighted by atomic mass is 10.2. The normalized spacial score (nSPS) is 12.5. The van der Waals surface area contributed by atoms with Gasteiger partial charge in [-0.15, -0.1) is 12.3 Å². The predicted molar refractivity (Wildman–Crippen MR) is 73.8 cm³/mol. The first-order valence-corrected chi connectivity index (χ1v) is 6.36. The molecule has 1 aromatic carbocycles. The van der Waals surface area contributed by atoms with Crippen LogP contribution in [0.4, 0.5) is 0 Å². The van der Waals surface area contributed by atoms with Crippen LogP contribution < -0.4 is 5.32 Å². The average molecular weight is 292 g/mol. The van der Waals surface area contributed by atoms with Gasteiger partial charge in [-0.2, -0.15) is 0 Å². The Bertz CT molecular complexity index is 553. The Hall–Kier alpha value is -1.24. The van der Waals surface area contributed by atoms with E-state index in [0.29, 0.717) is 0 Å². The first kappa shape index (κ1) is 12.2. The van der Waals surface area contributed by atoms with Gasteiger partial charge < -0.3 is 9.73 Å². The van der Waals surface area contributed by atoms with Gasteiger partial charge in [0.25, 0.3) is 0 Å². The zero-order valence-corrected chi connectivity index (χ0v) is 11.3. The smallest absolute Gasteiger partial charge is 0.134 e. The van der Waals surface area contributed by atoms with Crippen molar-refractivity contribution in [2.45, 2.75) is 19.4 Å². The van der Waals surface area contributed by atoms with Gasteiger partial charge in [0.05, 0.1) is 6.04 Å². The fourth-order valence-corrected chi connectivity index (χ4v) is 2.09. The van der Waals surface area contributed by atoms with Crippen molar-refractivity contribution in [2.75, 3.05) is 6.54 Å². The van der Waals surface area contributed by atoms with Crippen LogP contribution in [0.15, 0.2) is 33.2 Å². The molecular formula is C14H14BrNO. The van der Waals surface area contributed by atoms with Gasteiger partial charge in [0.1, 0.15) is 11.3 Å². The summed E-state index contributed by atoms with van der Waals surface area (Å²) in [5.41, 5.74) is 0.911. The van der Waals surface area contributed by atoms with Gasteiger partial charge >= 0.3 is 0 Å². The largest absolute Gasteiger partial charge is 0.459 e. The second-order valence-corrected chi connectivity index (χ2v) is 4.88. The molecule has 0 aliphatic heterocycles. The Morgan fingerprint density at radius 1 is 1.47 bits per heavy atom. The van der Waals surface area contributed by atoms with Gasteiger partial charge in [-0.25, -0.2) is 0 Å². The molecule has 17 heavy (non-hydrogen) atoms. The summed E-state index contributed by atoms with van der Waals surface area (Å²) in [5.74, 6) is 3.55. The number of benzene rings is 1. The van der Waals surface area contributed by atoms with Crippen molar-refractivity contribution < 1.29 is 4.42 Å². The van der Waals surface area contributed by atoms with Crippen LogP contribution in [0, 0.1) is 12.3 Å². The predicted octanol–water partition coefficient (Wildman–Crippen LogP) is 3.87. The molecule has 0 radical (unpaired) electrons. The number of hydrogen-bond acceptors (Lipinski definition) is 2. The first-order chi connectivity index (χ1) is 8.20. The van der Waals surface area contributed by atoms with Gasteiger partial charge in [-0.1, -0.05) is 15.9 Å². The molecule has 2 aromatic rings. The van der Waals surface area contributed by atoms with E-state index in [-0.39, 0.29) is 6.04 Å². The summed E-state index contributed by atoms with van der Waals surface area (Å²) in [7, 11) is 0. The second kappa shape index (κ2) is 5.39. The van der Waals surface area contributed by atoms with Gasteiger partial charge in [-0.3, -0.25) is 0 Å². The fourth-order valence-electron chi connectivity index (χ4n) is 1.71. The van der Waals surface area contributed by atoms with Crippen LogP contribution in [0.1, 0.15) is 25.1 Å². The maximum absolute atomic E-state index is 5.78. The van der Waals surface area contributed by atoms with Crippen LogP contribution in [-0.4, -0.2) is 6.54 Å². The maximum Gasteiger partial charge on any atom is 0.134 e. The Kier molecular flexibility index (Phi) is 3.88. The summed E-state index contributed by atoms with van der Waals surface area (Å²) in [6.07, 6.45) is 5.94. The summed E-state index contributed by atoms with van der Waals surface area (Å²) < 4.78 is 6.84. The minimum Gasteiger partial charge on any atom is -0.459 e. The number of furan rings is 1. The second-order valence-electron chi connectivity index (χ2n) is 3.96. The highest BCUT2D eigenvalue weighted by Crippen LogP contribution is 2.26. The van der Waals surface area contributed by atoms with Crippen molar-refractivity contribution in [3.05, 3.63) is 34.5 Å². The van der Waals surface area contributed by atoms with E-state index >= 15 is 0 Å². The Balaban J connectivity index is 2.16. The van der Waals surface area contributed by atoms with E-state index in [1.807, 2.05) is 12.1 Å². The molecule has 1 unspecified atom stereocenters. The van der Waals surface area contributed by atoms with E-state index in [1.54, 1.807) is 0 Å². The number of rotatable bonds is 4. The molecule has 0 fully saturated rings. The van der Waals surface area contributed by atoms with Crippen LogP contribution in [0.2, 0.25) is 0 Å². The lowest BCUT2D eigenvalue weighted by molar-refractivity contribution is 0.455. The molecule has 0 saturated heterocycles. The molecule has 0 bridgehead atoms. The number of terminal acetylenes is 1. The zero-order chi connectivity index (χ0) is 12.3. The van der Waals surface area contributed by atoms with Gasteiger partial charge in [0, 0.05) is 22.8 Å². The van der Waals surface area contributed by atoms with Crippen molar-refractivity contribution in [1.29, 1.82) is 0 Å². The first-order valence-electron chi connectivity index (χ1n) is 5.56. The van der Waals surface area contributed by atoms with Crippen LogP contribution in [0.3, 0.4) is 0 Å². The maximum atomic E-state index is 5.78. The van der Waals surface area contributed by atoms with Crippen LogP contribution in [0.5, 0.6) is 0 Å². The molecule has 1 aromatic heterocycles. The molecule has 88 valence electrons. The van der Waals surface area contributed by atoms with Crippen molar-refractivity contribution >= 4 is 26.9 Å². The summed E-state index contributed by atoms with van der Waals surface area (Å²) in [5, 5.41) is 4.44. The van der Waals surface area contributed by atoms with Crippen LogP contribution in [-0.2, 0) is 0 Å². The van der Waals surface area contributed by atoms with E-state index in [0.717, 1.165) is 34.2 Å². The Morgan fingerprint density at radius 2 is 2.29 bits per heavy atom. The molecule has 0 saturated carbocycles. The van der Waals surface area contributed by atoms with E-state index < -0.39 is 0 Å². The Labute approximate surface area is 110 Å². The topological polar surface area (TPSA) is 25.2 Å². The summed E-state index contributed by atoms with van der Waals surface area (Å²) in [4.78, 5) is 0. The van der Waals surface area contributed by atoms with Crippen molar-refractivity contribution in [3.8, 4) is 12.3 Å². The molecular weight excluding hydrogens is 278 g/mol. The van der Waals surface area contributed by atoms with E-state index in [1.165, 1.54) is 0 Å². The quantitative estimate of drug-likeness (QED) is 0.683. The molecule has 0 spiro atoms. The molecule has 3 heteroatoms. The molecule has 2 rings (SSSR count). The number of halogens is 1. The lowest BCUT2D eigenvalue weighted by Gasteiger charge is -2.08. The average Bonchev–Trinajstić information content (AvgIpc) is 2.72. The molecule has 2 nitrogen and oxygen atoms in total. The van der Waals surface area contributed by atoms with E-state index in [4.69, 9.17) is 10.8 Å². The highest BCUT2D eigenvalue weighted by Gasteiger charge is 2.10. The Morgan fingerprint density at radius 3 is 3.06 bits per heavy atom. The van der Waals surface area contributed by atoms with Crippen LogP contribution >= 0.6 is 15.9 Å². The molecule has 1 heterocycles. The van der Waals surface area contributed by atoms with E-state index in [2.05, 4.69) is 46.2 Å². The number of hydrogen-bond donors (Lipinski definition) is 1. The van der Waals surface area contributed by atoms with Crippen molar-refractivity contribution in [2.24, 2.45) is 0 Å². The minimum atomic E-state index is 0.175. The van der Waals surface area contributed by atoms with Gasteiger partial charge in [0.15, 0.2) is 0 Å². The third-order valence-corrected chi connectivity index (χ3v) is 3.14. The van der Waals surface area contributed by atoms with Crippen molar-refractivity contribution in [1.82, 2.24) is 5.32 Å². The number of fused-ring (bicyclic) bond motifs is 1. The molecule has 0 aliphatic carbocycles.